The number of hydrogen-bond donors (Lipinski definition) is 1. The Kier molecular flexibility index (Phi) is 3.55. The van der Waals surface area contributed by atoms with Crippen molar-refractivity contribution in [3.63, 3.8) is 0 Å². The second-order valence-corrected chi connectivity index (χ2v) is 5.57. The molecule has 1 aliphatic heterocycles. The van der Waals surface area contributed by atoms with E-state index in [9.17, 15) is 0 Å². The van der Waals surface area contributed by atoms with E-state index < -0.39 is 0 Å². The van der Waals surface area contributed by atoms with Gasteiger partial charge in [0.25, 0.3) is 0 Å². The van der Waals surface area contributed by atoms with Crippen LogP contribution in [0.3, 0.4) is 0 Å². The Hall–Kier alpha value is -0.860. The van der Waals surface area contributed by atoms with E-state index >= 15 is 0 Å². The highest BCUT2D eigenvalue weighted by Crippen LogP contribution is 2.30. The lowest BCUT2D eigenvalue weighted by atomic mass is 9.83. The summed E-state index contributed by atoms with van der Waals surface area (Å²) in [5.74, 6) is 0. The summed E-state index contributed by atoms with van der Waals surface area (Å²) in [6.45, 7) is 7.27. The van der Waals surface area contributed by atoms with Crippen LogP contribution in [0.25, 0.3) is 0 Å². The minimum absolute atomic E-state index is 0.287. The van der Waals surface area contributed by atoms with Crippen LogP contribution in [0.1, 0.15) is 42.9 Å². The third-order valence-electron chi connectivity index (χ3n) is 3.68. The van der Waals surface area contributed by atoms with Crippen LogP contribution in [-0.4, -0.2) is 12.7 Å². The third kappa shape index (κ3) is 2.88. The minimum atomic E-state index is -0.287. The molecule has 0 aromatic heterocycles. The van der Waals surface area contributed by atoms with Gasteiger partial charge in [-0.3, -0.25) is 0 Å². The molecule has 0 bridgehead atoms. The molecular formula is C15H23NO. The fourth-order valence-corrected chi connectivity index (χ4v) is 2.74. The summed E-state index contributed by atoms with van der Waals surface area (Å²) in [4.78, 5) is 0. The first-order valence-electron chi connectivity index (χ1n) is 6.47. The molecule has 1 fully saturated rings. The molecule has 1 heterocycles. The largest absolute Gasteiger partial charge is 0.378 e. The third-order valence-corrected chi connectivity index (χ3v) is 3.68. The summed E-state index contributed by atoms with van der Waals surface area (Å²) in [6, 6.07) is 6.51. The summed E-state index contributed by atoms with van der Waals surface area (Å²) in [5, 5.41) is 0. The Labute approximate surface area is 104 Å². The molecule has 0 saturated carbocycles. The van der Waals surface area contributed by atoms with Crippen LogP contribution in [0.2, 0.25) is 0 Å². The summed E-state index contributed by atoms with van der Waals surface area (Å²) in [6.07, 6.45) is 3.58. The van der Waals surface area contributed by atoms with Gasteiger partial charge in [-0.25, -0.2) is 0 Å². The predicted molar refractivity (Wildman–Crippen MR) is 71.0 cm³/mol. The van der Waals surface area contributed by atoms with Crippen molar-refractivity contribution in [3.05, 3.63) is 34.9 Å². The predicted octanol–water partition coefficient (Wildman–Crippen LogP) is 3.05. The van der Waals surface area contributed by atoms with Gasteiger partial charge in [0.15, 0.2) is 0 Å². The maximum absolute atomic E-state index is 6.51. The first kappa shape index (κ1) is 12.6. The molecule has 0 radical (unpaired) electrons. The number of nitrogens with two attached hydrogens (primary N) is 1. The van der Waals surface area contributed by atoms with Gasteiger partial charge in [-0.2, -0.15) is 0 Å². The SMILES string of the molecule is Cc1ccc(C)c(C(C)(N)CC2CCCO2)c1. The van der Waals surface area contributed by atoms with Gasteiger partial charge in [0.05, 0.1) is 6.10 Å². The van der Waals surface area contributed by atoms with Crippen LogP contribution < -0.4 is 5.73 Å². The lowest BCUT2D eigenvalue weighted by Gasteiger charge is -2.30. The van der Waals surface area contributed by atoms with Gasteiger partial charge >= 0.3 is 0 Å². The van der Waals surface area contributed by atoms with Gasteiger partial charge in [0.2, 0.25) is 0 Å². The molecule has 2 N–H and O–H groups in total. The zero-order chi connectivity index (χ0) is 12.5. The van der Waals surface area contributed by atoms with Crippen LogP contribution in [0.4, 0.5) is 0 Å². The smallest absolute Gasteiger partial charge is 0.0596 e. The maximum Gasteiger partial charge on any atom is 0.0596 e. The molecule has 1 aromatic rings. The molecular weight excluding hydrogens is 210 g/mol. The molecule has 1 aromatic carbocycles. The van der Waals surface area contributed by atoms with Crippen molar-refractivity contribution in [1.82, 2.24) is 0 Å². The summed E-state index contributed by atoms with van der Waals surface area (Å²) < 4.78 is 5.70. The zero-order valence-corrected chi connectivity index (χ0v) is 11.1. The van der Waals surface area contributed by atoms with E-state index in [1.807, 2.05) is 0 Å². The Morgan fingerprint density at radius 1 is 1.41 bits per heavy atom. The Morgan fingerprint density at radius 3 is 2.82 bits per heavy atom. The molecule has 2 unspecified atom stereocenters. The standard InChI is InChI=1S/C15H23NO/c1-11-6-7-12(2)14(9-11)15(3,16)10-13-5-4-8-17-13/h6-7,9,13H,4-5,8,10,16H2,1-3H3. The van der Waals surface area contributed by atoms with E-state index in [0.29, 0.717) is 6.10 Å². The second kappa shape index (κ2) is 4.79. The van der Waals surface area contributed by atoms with Crippen LogP contribution in [0, 0.1) is 13.8 Å². The van der Waals surface area contributed by atoms with Gasteiger partial charge in [0.1, 0.15) is 0 Å². The summed E-state index contributed by atoms with van der Waals surface area (Å²) >= 11 is 0. The molecule has 2 nitrogen and oxygen atoms in total. The number of benzene rings is 1. The van der Waals surface area contributed by atoms with Gasteiger partial charge in [-0.1, -0.05) is 23.8 Å². The van der Waals surface area contributed by atoms with Crippen LogP contribution in [-0.2, 0) is 10.3 Å². The van der Waals surface area contributed by atoms with E-state index in [4.69, 9.17) is 10.5 Å². The summed E-state index contributed by atoms with van der Waals surface area (Å²) in [5.41, 5.74) is 10.0. The average molecular weight is 233 g/mol. The van der Waals surface area contributed by atoms with Gasteiger partial charge in [0, 0.05) is 12.1 Å². The highest BCUT2D eigenvalue weighted by Gasteiger charge is 2.29. The van der Waals surface area contributed by atoms with Crippen LogP contribution in [0.15, 0.2) is 18.2 Å². The molecule has 0 spiro atoms. The molecule has 1 saturated heterocycles. The van der Waals surface area contributed by atoms with Crippen molar-refractivity contribution in [2.24, 2.45) is 5.73 Å². The lowest BCUT2D eigenvalue weighted by Crippen LogP contribution is -2.37. The monoisotopic (exact) mass is 233 g/mol. The van der Waals surface area contributed by atoms with Crippen molar-refractivity contribution < 1.29 is 4.74 Å². The van der Waals surface area contributed by atoms with Gasteiger partial charge in [-0.05, 0) is 51.2 Å². The van der Waals surface area contributed by atoms with E-state index in [1.165, 1.54) is 23.1 Å². The molecule has 2 atom stereocenters. The molecule has 2 rings (SSSR count). The highest BCUT2D eigenvalue weighted by atomic mass is 16.5. The fourth-order valence-electron chi connectivity index (χ4n) is 2.74. The molecule has 17 heavy (non-hydrogen) atoms. The maximum atomic E-state index is 6.51. The number of hydrogen-bond acceptors (Lipinski definition) is 2. The number of aryl methyl sites for hydroxylation is 2. The van der Waals surface area contributed by atoms with E-state index in [0.717, 1.165) is 19.4 Å². The fraction of sp³-hybridized carbons (Fsp3) is 0.600. The zero-order valence-electron chi connectivity index (χ0n) is 11.1. The normalized spacial score (nSPS) is 23.6. The van der Waals surface area contributed by atoms with E-state index in [2.05, 4.69) is 39.0 Å². The van der Waals surface area contributed by atoms with Crippen LogP contribution in [0.5, 0.6) is 0 Å². The van der Waals surface area contributed by atoms with Crippen molar-refractivity contribution in [2.45, 2.75) is 51.7 Å². The molecule has 0 amide bonds. The first-order valence-corrected chi connectivity index (χ1v) is 6.47. The molecule has 0 aliphatic carbocycles. The topological polar surface area (TPSA) is 35.2 Å². The number of rotatable bonds is 3. The van der Waals surface area contributed by atoms with Gasteiger partial charge in [-0.15, -0.1) is 0 Å². The average Bonchev–Trinajstić information content (AvgIpc) is 2.73. The molecule has 94 valence electrons. The van der Waals surface area contributed by atoms with Crippen molar-refractivity contribution in [2.75, 3.05) is 6.61 Å². The molecule has 1 aliphatic rings. The number of ether oxygens (including phenoxy) is 1. The highest BCUT2D eigenvalue weighted by molar-refractivity contribution is 5.35. The van der Waals surface area contributed by atoms with Crippen molar-refractivity contribution in [3.8, 4) is 0 Å². The van der Waals surface area contributed by atoms with Gasteiger partial charge < -0.3 is 10.5 Å². The van der Waals surface area contributed by atoms with Crippen molar-refractivity contribution in [1.29, 1.82) is 0 Å². The quantitative estimate of drug-likeness (QED) is 0.871. The lowest BCUT2D eigenvalue weighted by molar-refractivity contribution is 0.0855. The Balaban J connectivity index is 2.20. The Morgan fingerprint density at radius 2 is 2.18 bits per heavy atom. The summed E-state index contributed by atoms with van der Waals surface area (Å²) in [7, 11) is 0. The molecule has 2 heteroatoms. The Bertz CT molecular complexity index is 392. The minimum Gasteiger partial charge on any atom is -0.378 e. The van der Waals surface area contributed by atoms with Crippen LogP contribution >= 0.6 is 0 Å². The second-order valence-electron chi connectivity index (χ2n) is 5.57. The van der Waals surface area contributed by atoms with E-state index in [-0.39, 0.29) is 5.54 Å². The van der Waals surface area contributed by atoms with E-state index in [1.54, 1.807) is 0 Å². The van der Waals surface area contributed by atoms with Crippen molar-refractivity contribution >= 4 is 0 Å². The first-order chi connectivity index (χ1) is 7.99.